The Morgan fingerprint density at radius 2 is 1.60 bits per heavy atom. The van der Waals surface area contributed by atoms with Gasteiger partial charge in [0, 0.05) is 30.6 Å². The predicted molar refractivity (Wildman–Crippen MR) is 81.4 cm³/mol. The number of amides is 1. The van der Waals surface area contributed by atoms with Crippen molar-refractivity contribution in [1.29, 1.82) is 0 Å². The van der Waals surface area contributed by atoms with Gasteiger partial charge in [-0.05, 0) is 43.4 Å². The van der Waals surface area contributed by atoms with E-state index >= 15 is 0 Å². The zero-order valence-corrected chi connectivity index (χ0v) is 13.7. The SMILES string of the molecule is CCN(C(=O)C1C(C)(C)C1(C)C)C1CC2CCC(C1)N2. The lowest BCUT2D eigenvalue weighted by Gasteiger charge is -2.38. The van der Waals surface area contributed by atoms with Gasteiger partial charge in [-0.15, -0.1) is 0 Å². The first-order valence-electron chi connectivity index (χ1n) is 8.35. The summed E-state index contributed by atoms with van der Waals surface area (Å²) < 4.78 is 0. The van der Waals surface area contributed by atoms with Crippen LogP contribution in [0.15, 0.2) is 0 Å². The minimum absolute atomic E-state index is 0.156. The van der Waals surface area contributed by atoms with Crippen LogP contribution in [0.4, 0.5) is 0 Å². The van der Waals surface area contributed by atoms with Crippen LogP contribution in [0, 0.1) is 16.7 Å². The Morgan fingerprint density at radius 1 is 1.10 bits per heavy atom. The number of fused-ring (bicyclic) bond motifs is 2. The summed E-state index contributed by atoms with van der Waals surface area (Å²) in [4.78, 5) is 15.2. The smallest absolute Gasteiger partial charge is 0.227 e. The Bertz CT molecular complexity index is 389. The Hall–Kier alpha value is -0.570. The Kier molecular flexibility index (Phi) is 3.20. The molecule has 3 nitrogen and oxygen atoms in total. The molecule has 2 bridgehead atoms. The maximum atomic E-state index is 13.0. The minimum atomic E-state index is 0.156. The number of hydrogen-bond donors (Lipinski definition) is 1. The molecule has 1 N–H and O–H groups in total. The standard InChI is InChI=1S/C17H30N2O/c1-6-19(13-9-11-7-8-12(10-13)18-11)15(20)14-16(2,3)17(14,4)5/h11-14,18H,6-10H2,1-5H3. The number of carbonyl (C=O) groups is 1. The molecule has 2 heterocycles. The van der Waals surface area contributed by atoms with E-state index < -0.39 is 0 Å². The Morgan fingerprint density at radius 3 is 2.00 bits per heavy atom. The zero-order valence-electron chi connectivity index (χ0n) is 13.7. The van der Waals surface area contributed by atoms with Gasteiger partial charge in [-0.25, -0.2) is 0 Å². The molecule has 0 radical (unpaired) electrons. The number of nitrogens with zero attached hydrogens (tertiary/aromatic N) is 1. The molecule has 3 heteroatoms. The van der Waals surface area contributed by atoms with Crippen LogP contribution in [0.2, 0.25) is 0 Å². The van der Waals surface area contributed by atoms with Gasteiger partial charge in [0.05, 0.1) is 0 Å². The van der Waals surface area contributed by atoms with E-state index in [1.807, 2.05) is 0 Å². The van der Waals surface area contributed by atoms with E-state index in [1.165, 1.54) is 12.8 Å². The maximum Gasteiger partial charge on any atom is 0.227 e. The molecule has 1 saturated carbocycles. The first-order valence-corrected chi connectivity index (χ1v) is 8.35. The van der Waals surface area contributed by atoms with Gasteiger partial charge in [0.1, 0.15) is 0 Å². The van der Waals surface area contributed by atoms with Gasteiger partial charge in [-0.1, -0.05) is 27.7 Å². The fourth-order valence-electron chi connectivity index (χ4n) is 4.86. The molecule has 1 amide bonds. The first kappa shape index (κ1) is 14.4. The van der Waals surface area contributed by atoms with Crippen LogP contribution < -0.4 is 5.32 Å². The van der Waals surface area contributed by atoms with E-state index in [0.29, 0.717) is 24.0 Å². The summed E-state index contributed by atoms with van der Waals surface area (Å²) in [6, 6.07) is 1.78. The van der Waals surface area contributed by atoms with Gasteiger partial charge < -0.3 is 10.2 Å². The van der Waals surface area contributed by atoms with E-state index in [0.717, 1.165) is 19.4 Å². The molecular formula is C17H30N2O. The van der Waals surface area contributed by atoms with E-state index in [-0.39, 0.29) is 16.7 Å². The van der Waals surface area contributed by atoms with Crippen molar-refractivity contribution in [3.05, 3.63) is 0 Å². The lowest BCUT2D eigenvalue weighted by Crippen LogP contribution is -2.51. The molecule has 2 saturated heterocycles. The van der Waals surface area contributed by atoms with Gasteiger partial charge in [0.15, 0.2) is 0 Å². The number of rotatable bonds is 3. The molecule has 0 aromatic rings. The highest BCUT2D eigenvalue weighted by molar-refractivity contribution is 5.84. The minimum Gasteiger partial charge on any atom is -0.340 e. The van der Waals surface area contributed by atoms with Crippen molar-refractivity contribution >= 4 is 5.91 Å². The summed E-state index contributed by atoms with van der Waals surface area (Å²) in [5, 5.41) is 3.68. The maximum absolute atomic E-state index is 13.0. The molecule has 3 fully saturated rings. The van der Waals surface area contributed by atoms with Gasteiger partial charge in [0.25, 0.3) is 0 Å². The molecule has 0 aromatic heterocycles. The molecule has 2 unspecified atom stereocenters. The third-order valence-electron chi connectivity index (χ3n) is 6.78. The molecule has 0 aromatic carbocycles. The van der Waals surface area contributed by atoms with Gasteiger partial charge >= 0.3 is 0 Å². The Balaban J connectivity index is 1.73. The van der Waals surface area contributed by atoms with Crippen molar-refractivity contribution in [2.45, 2.75) is 78.4 Å². The number of hydrogen-bond acceptors (Lipinski definition) is 2. The molecule has 3 rings (SSSR count). The second-order valence-electron chi connectivity index (χ2n) is 8.26. The van der Waals surface area contributed by atoms with Crippen LogP contribution in [0.25, 0.3) is 0 Å². The van der Waals surface area contributed by atoms with Crippen LogP contribution in [-0.4, -0.2) is 35.5 Å². The quantitative estimate of drug-likeness (QED) is 0.861. The van der Waals surface area contributed by atoms with Gasteiger partial charge in [-0.2, -0.15) is 0 Å². The molecule has 2 atom stereocenters. The van der Waals surface area contributed by atoms with Crippen molar-refractivity contribution in [2.24, 2.45) is 16.7 Å². The fourth-order valence-corrected chi connectivity index (χ4v) is 4.86. The highest BCUT2D eigenvalue weighted by Gasteiger charge is 2.69. The normalized spacial score (nSPS) is 37.8. The van der Waals surface area contributed by atoms with Crippen molar-refractivity contribution in [2.75, 3.05) is 6.54 Å². The lowest BCUT2D eigenvalue weighted by molar-refractivity contribution is -0.136. The lowest BCUT2D eigenvalue weighted by atomic mass is 9.97. The van der Waals surface area contributed by atoms with Crippen LogP contribution in [0.5, 0.6) is 0 Å². The topological polar surface area (TPSA) is 32.3 Å². The van der Waals surface area contributed by atoms with Gasteiger partial charge in [0.2, 0.25) is 5.91 Å². The summed E-state index contributed by atoms with van der Waals surface area (Å²) in [7, 11) is 0. The average Bonchev–Trinajstić information content (AvgIpc) is 2.62. The monoisotopic (exact) mass is 278 g/mol. The summed E-state index contributed by atoms with van der Waals surface area (Å²) in [5.74, 6) is 0.622. The third-order valence-corrected chi connectivity index (χ3v) is 6.78. The number of carbonyl (C=O) groups excluding carboxylic acids is 1. The highest BCUT2D eigenvalue weighted by Crippen LogP contribution is 2.68. The third kappa shape index (κ3) is 1.93. The molecule has 20 heavy (non-hydrogen) atoms. The molecular weight excluding hydrogens is 248 g/mol. The summed E-state index contributed by atoms with van der Waals surface area (Å²) in [6.07, 6.45) is 4.91. The van der Waals surface area contributed by atoms with Crippen LogP contribution in [-0.2, 0) is 4.79 Å². The van der Waals surface area contributed by atoms with Crippen molar-refractivity contribution in [3.8, 4) is 0 Å². The second-order valence-corrected chi connectivity index (χ2v) is 8.26. The van der Waals surface area contributed by atoms with Crippen molar-refractivity contribution in [3.63, 3.8) is 0 Å². The van der Waals surface area contributed by atoms with E-state index in [2.05, 4.69) is 44.8 Å². The number of piperidine rings is 1. The molecule has 3 aliphatic rings. The molecule has 2 aliphatic heterocycles. The zero-order chi connectivity index (χ0) is 14.7. The first-order chi connectivity index (χ1) is 9.29. The second kappa shape index (κ2) is 4.46. The van der Waals surface area contributed by atoms with Crippen molar-refractivity contribution in [1.82, 2.24) is 10.2 Å². The van der Waals surface area contributed by atoms with Gasteiger partial charge in [-0.3, -0.25) is 4.79 Å². The van der Waals surface area contributed by atoms with Crippen LogP contribution in [0.3, 0.4) is 0 Å². The average molecular weight is 278 g/mol. The van der Waals surface area contributed by atoms with E-state index in [4.69, 9.17) is 0 Å². The summed E-state index contributed by atoms with van der Waals surface area (Å²) in [5.41, 5.74) is 0.312. The van der Waals surface area contributed by atoms with E-state index in [9.17, 15) is 4.79 Å². The molecule has 0 spiro atoms. The van der Waals surface area contributed by atoms with E-state index in [1.54, 1.807) is 0 Å². The molecule has 114 valence electrons. The van der Waals surface area contributed by atoms with Crippen LogP contribution in [0.1, 0.15) is 60.3 Å². The van der Waals surface area contributed by atoms with Crippen molar-refractivity contribution < 1.29 is 4.79 Å². The predicted octanol–water partition coefficient (Wildman–Crippen LogP) is 2.80. The number of nitrogens with one attached hydrogen (secondary N) is 1. The molecule has 1 aliphatic carbocycles. The fraction of sp³-hybridized carbons (Fsp3) is 0.941. The summed E-state index contributed by atoms with van der Waals surface area (Å²) >= 11 is 0. The Labute approximate surface area is 123 Å². The van der Waals surface area contributed by atoms with Crippen LogP contribution >= 0.6 is 0 Å². The summed E-state index contributed by atoms with van der Waals surface area (Å²) in [6.45, 7) is 12.0. The largest absolute Gasteiger partial charge is 0.340 e. The highest BCUT2D eigenvalue weighted by atomic mass is 16.2.